The molecule has 1 aliphatic carbocycles. The third-order valence-corrected chi connectivity index (χ3v) is 4.31. The van der Waals surface area contributed by atoms with Crippen LogP contribution in [0.2, 0.25) is 0 Å². The van der Waals surface area contributed by atoms with Gasteiger partial charge in [0.2, 0.25) is 5.13 Å². The Morgan fingerprint density at radius 2 is 2.21 bits per heavy atom. The highest BCUT2D eigenvalue weighted by Gasteiger charge is 2.29. The molecule has 2 fully saturated rings. The summed E-state index contributed by atoms with van der Waals surface area (Å²) in [6, 6.07) is 0. The molecule has 5 heteroatoms. The Labute approximate surface area is 95.8 Å². The molecule has 76 valence electrons. The second-order valence-corrected chi connectivity index (χ2v) is 6.07. The summed E-state index contributed by atoms with van der Waals surface area (Å²) in [6.07, 6.45) is 3.80. The van der Waals surface area contributed by atoms with Gasteiger partial charge in [0.25, 0.3) is 0 Å². The summed E-state index contributed by atoms with van der Waals surface area (Å²) in [7, 11) is 0. The van der Waals surface area contributed by atoms with Crippen LogP contribution in [0.5, 0.6) is 0 Å². The highest BCUT2D eigenvalue weighted by Crippen LogP contribution is 2.40. The summed E-state index contributed by atoms with van der Waals surface area (Å²) >= 11 is 5.20. The van der Waals surface area contributed by atoms with Crippen LogP contribution >= 0.6 is 27.5 Å². The number of nitrogens with zero attached hydrogens (tertiary/aromatic N) is 3. The molecule has 0 aromatic carbocycles. The van der Waals surface area contributed by atoms with Gasteiger partial charge in [-0.05, 0) is 19.3 Å². The van der Waals surface area contributed by atoms with E-state index in [1.165, 1.54) is 19.3 Å². The van der Waals surface area contributed by atoms with Crippen LogP contribution < -0.4 is 4.90 Å². The van der Waals surface area contributed by atoms with E-state index < -0.39 is 0 Å². The maximum atomic E-state index is 4.60. The average molecular weight is 274 g/mol. The first-order valence-electron chi connectivity index (χ1n) is 5.05. The molecule has 0 N–H and O–H groups in total. The van der Waals surface area contributed by atoms with Crippen molar-refractivity contribution < 1.29 is 0 Å². The number of rotatable bonds is 2. The van der Waals surface area contributed by atoms with Crippen LogP contribution in [0.25, 0.3) is 0 Å². The van der Waals surface area contributed by atoms with Crippen LogP contribution in [-0.4, -0.2) is 27.3 Å². The second kappa shape index (κ2) is 3.45. The lowest BCUT2D eigenvalue weighted by atomic mass is 10.4. The second-order valence-electron chi connectivity index (χ2n) is 4.04. The lowest BCUT2D eigenvalue weighted by molar-refractivity contribution is 0.924. The molecule has 3 rings (SSSR count). The van der Waals surface area contributed by atoms with Crippen molar-refractivity contribution in [1.29, 1.82) is 0 Å². The molecule has 1 saturated heterocycles. The SMILES string of the molecule is BrC1CCN(c2nc(C3CC3)ns2)C1. The van der Waals surface area contributed by atoms with E-state index in [1.54, 1.807) is 11.5 Å². The predicted octanol–water partition coefficient (Wildman–Crippen LogP) is 2.39. The molecule has 3 nitrogen and oxygen atoms in total. The minimum absolute atomic E-state index is 0.635. The van der Waals surface area contributed by atoms with E-state index >= 15 is 0 Å². The van der Waals surface area contributed by atoms with Crippen LogP contribution in [0.3, 0.4) is 0 Å². The summed E-state index contributed by atoms with van der Waals surface area (Å²) in [6.45, 7) is 2.20. The lowest BCUT2D eigenvalue weighted by Crippen LogP contribution is -2.19. The van der Waals surface area contributed by atoms with Gasteiger partial charge < -0.3 is 4.90 Å². The van der Waals surface area contributed by atoms with Crippen molar-refractivity contribution in [2.75, 3.05) is 18.0 Å². The predicted molar refractivity (Wildman–Crippen MR) is 61.4 cm³/mol. The van der Waals surface area contributed by atoms with Crippen molar-refractivity contribution >= 4 is 32.6 Å². The quantitative estimate of drug-likeness (QED) is 0.775. The molecule has 0 bridgehead atoms. The molecule has 1 aromatic heterocycles. The maximum absolute atomic E-state index is 4.60. The highest BCUT2D eigenvalue weighted by molar-refractivity contribution is 9.09. The van der Waals surface area contributed by atoms with E-state index in [9.17, 15) is 0 Å². The number of hydrogen-bond donors (Lipinski definition) is 0. The third-order valence-electron chi connectivity index (χ3n) is 2.77. The average Bonchev–Trinajstić information content (AvgIpc) is 2.76. The summed E-state index contributed by atoms with van der Waals surface area (Å²) in [5, 5.41) is 1.12. The van der Waals surface area contributed by atoms with Gasteiger partial charge in [-0.2, -0.15) is 4.37 Å². The van der Waals surface area contributed by atoms with Gasteiger partial charge in [-0.15, -0.1) is 0 Å². The molecule has 0 spiro atoms. The lowest BCUT2D eigenvalue weighted by Gasteiger charge is -2.11. The van der Waals surface area contributed by atoms with Crippen molar-refractivity contribution in [3.8, 4) is 0 Å². The fourth-order valence-corrected chi connectivity index (χ4v) is 3.09. The molecular weight excluding hydrogens is 262 g/mol. The van der Waals surface area contributed by atoms with Crippen LogP contribution in [0.4, 0.5) is 5.13 Å². The highest BCUT2D eigenvalue weighted by atomic mass is 79.9. The third kappa shape index (κ3) is 1.67. The molecule has 14 heavy (non-hydrogen) atoms. The normalized spacial score (nSPS) is 27.2. The summed E-state index contributed by atoms with van der Waals surface area (Å²) in [5.41, 5.74) is 0. The zero-order valence-electron chi connectivity index (χ0n) is 7.82. The first-order valence-corrected chi connectivity index (χ1v) is 6.74. The van der Waals surface area contributed by atoms with Gasteiger partial charge in [0.05, 0.1) is 0 Å². The van der Waals surface area contributed by atoms with Gasteiger partial charge in [-0.1, -0.05) is 15.9 Å². The molecule has 0 amide bonds. The Hall–Kier alpha value is -0.160. The zero-order chi connectivity index (χ0) is 9.54. The molecule has 1 atom stereocenters. The first kappa shape index (κ1) is 9.09. The molecule has 1 saturated carbocycles. The molecule has 2 heterocycles. The van der Waals surface area contributed by atoms with Crippen molar-refractivity contribution in [3.05, 3.63) is 5.82 Å². The topological polar surface area (TPSA) is 29.0 Å². The van der Waals surface area contributed by atoms with Gasteiger partial charge in [-0.3, -0.25) is 0 Å². The van der Waals surface area contributed by atoms with Crippen molar-refractivity contribution in [3.63, 3.8) is 0 Å². The maximum Gasteiger partial charge on any atom is 0.205 e. The first-order chi connectivity index (χ1) is 6.83. The van der Waals surface area contributed by atoms with Crippen LogP contribution in [0, 0.1) is 0 Å². The van der Waals surface area contributed by atoms with E-state index in [4.69, 9.17) is 0 Å². The van der Waals surface area contributed by atoms with Gasteiger partial charge in [-0.25, -0.2) is 4.98 Å². The fraction of sp³-hybridized carbons (Fsp3) is 0.778. The Balaban J connectivity index is 1.75. The molecule has 1 aliphatic heterocycles. The molecule has 2 aliphatic rings. The zero-order valence-corrected chi connectivity index (χ0v) is 10.2. The summed E-state index contributed by atoms with van der Waals surface area (Å²) in [4.78, 5) is 7.57. The number of anilines is 1. The summed E-state index contributed by atoms with van der Waals surface area (Å²) in [5.74, 6) is 1.77. The Bertz CT molecular complexity index is 337. The van der Waals surface area contributed by atoms with Crippen molar-refractivity contribution in [2.24, 2.45) is 0 Å². The standard InChI is InChI=1S/C9H12BrN3S/c10-7-3-4-13(5-7)9-11-8(12-14-9)6-1-2-6/h6-7H,1-5H2. The van der Waals surface area contributed by atoms with Gasteiger partial charge >= 0.3 is 0 Å². The Morgan fingerprint density at radius 3 is 2.86 bits per heavy atom. The van der Waals surface area contributed by atoms with Crippen LogP contribution in [0.15, 0.2) is 0 Å². The van der Waals surface area contributed by atoms with Crippen LogP contribution in [0.1, 0.15) is 31.0 Å². The van der Waals surface area contributed by atoms with E-state index in [-0.39, 0.29) is 0 Å². The number of halogens is 1. The van der Waals surface area contributed by atoms with Gasteiger partial charge in [0.1, 0.15) is 5.82 Å². The number of aromatic nitrogens is 2. The van der Waals surface area contributed by atoms with E-state index in [0.717, 1.165) is 24.0 Å². The molecule has 0 radical (unpaired) electrons. The summed E-state index contributed by atoms with van der Waals surface area (Å²) < 4.78 is 4.42. The van der Waals surface area contributed by atoms with Crippen molar-refractivity contribution in [1.82, 2.24) is 9.36 Å². The Morgan fingerprint density at radius 1 is 1.36 bits per heavy atom. The molecule has 1 aromatic rings. The van der Waals surface area contributed by atoms with E-state index in [2.05, 4.69) is 30.2 Å². The Kier molecular flexibility index (Phi) is 2.24. The number of hydrogen-bond acceptors (Lipinski definition) is 4. The smallest absolute Gasteiger partial charge is 0.205 e. The largest absolute Gasteiger partial charge is 0.346 e. The number of alkyl halides is 1. The van der Waals surface area contributed by atoms with E-state index in [0.29, 0.717) is 10.7 Å². The van der Waals surface area contributed by atoms with Gasteiger partial charge in [0, 0.05) is 35.4 Å². The minimum atomic E-state index is 0.635. The molecule has 1 unspecified atom stereocenters. The van der Waals surface area contributed by atoms with Gasteiger partial charge in [0.15, 0.2) is 0 Å². The monoisotopic (exact) mass is 273 g/mol. The fourth-order valence-electron chi connectivity index (χ4n) is 1.75. The molecular formula is C9H12BrN3S. The van der Waals surface area contributed by atoms with Crippen molar-refractivity contribution in [2.45, 2.75) is 30.0 Å². The minimum Gasteiger partial charge on any atom is -0.346 e. The van der Waals surface area contributed by atoms with Crippen LogP contribution in [-0.2, 0) is 0 Å². The van der Waals surface area contributed by atoms with E-state index in [1.807, 2.05) is 0 Å².